The first-order valence-corrected chi connectivity index (χ1v) is 6.95. The van der Waals surface area contributed by atoms with Crippen LogP contribution in [-0.2, 0) is 0 Å². The summed E-state index contributed by atoms with van der Waals surface area (Å²) in [6.07, 6.45) is -0.617. The fourth-order valence-electron chi connectivity index (χ4n) is 1.01. The number of hydrogen-bond acceptors (Lipinski definition) is 4. The van der Waals surface area contributed by atoms with E-state index in [-0.39, 0.29) is 0 Å². The predicted molar refractivity (Wildman–Crippen MR) is 65.9 cm³/mol. The third kappa shape index (κ3) is 2.09. The van der Waals surface area contributed by atoms with Gasteiger partial charge in [0.2, 0.25) is 0 Å². The Kier molecular flexibility index (Phi) is 3.38. The van der Waals surface area contributed by atoms with Crippen molar-refractivity contribution in [3.63, 3.8) is 0 Å². The Morgan fingerprint density at radius 3 is 2.71 bits per heavy atom. The van der Waals surface area contributed by atoms with Crippen LogP contribution in [0.15, 0.2) is 25.8 Å². The van der Waals surface area contributed by atoms with Crippen molar-refractivity contribution in [2.24, 2.45) is 0 Å². The molecule has 0 radical (unpaired) electrons. The van der Waals surface area contributed by atoms with Gasteiger partial charge in [-0.2, -0.15) is 4.37 Å². The number of thiophene rings is 1. The van der Waals surface area contributed by atoms with Gasteiger partial charge in [-0.25, -0.2) is 0 Å². The van der Waals surface area contributed by atoms with Crippen LogP contribution in [0.5, 0.6) is 0 Å². The molecule has 2 aromatic rings. The summed E-state index contributed by atoms with van der Waals surface area (Å²) in [7, 11) is 0. The summed E-state index contributed by atoms with van der Waals surface area (Å²) in [5.41, 5.74) is 0.705. The zero-order chi connectivity index (χ0) is 10.1. The SMILES string of the molecule is OC(c1ccsn1)c1cc(Br)c(Br)s1. The Hall–Kier alpha value is 0.250. The monoisotopic (exact) mass is 353 g/mol. The maximum absolute atomic E-state index is 9.93. The molecule has 6 heteroatoms. The molecule has 2 heterocycles. The molecule has 0 spiro atoms. The van der Waals surface area contributed by atoms with Crippen molar-refractivity contribution in [2.75, 3.05) is 0 Å². The highest BCUT2D eigenvalue weighted by Crippen LogP contribution is 2.37. The highest BCUT2D eigenvalue weighted by Gasteiger charge is 2.16. The van der Waals surface area contributed by atoms with Crippen LogP contribution in [0, 0.1) is 0 Å². The molecule has 0 bridgehead atoms. The molecule has 2 aromatic heterocycles. The number of aliphatic hydroxyl groups excluding tert-OH is 1. The van der Waals surface area contributed by atoms with Gasteiger partial charge < -0.3 is 5.11 Å². The molecule has 1 atom stereocenters. The van der Waals surface area contributed by atoms with Gasteiger partial charge in [0.1, 0.15) is 6.10 Å². The molecule has 0 aliphatic heterocycles. The Balaban J connectivity index is 2.32. The van der Waals surface area contributed by atoms with Gasteiger partial charge in [0.05, 0.1) is 9.48 Å². The number of aromatic nitrogens is 1. The van der Waals surface area contributed by atoms with E-state index >= 15 is 0 Å². The fourth-order valence-corrected chi connectivity index (χ4v) is 3.64. The summed E-state index contributed by atoms with van der Waals surface area (Å²) in [4.78, 5) is 0.884. The maximum Gasteiger partial charge on any atom is 0.131 e. The van der Waals surface area contributed by atoms with Crippen molar-refractivity contribution in [1.82, 2.24) is 4.37 Å². The first-order chi connectivity index (χ1) is 6.68. The predicted octanol–water partition coefficient (Wildman–Crippen LogP) is 3.81. The van der Waals surface area contributed by atoms with E-state index in [4.69, 9.17) is 0 Å². The van der Waals surface area contributed by atoms with Crippen LogP contribution >= 0.6 is 54.7 Å². The molecule has 74 valence electrons. The Labute approximate surface area is 106 Å². The molecule has 1 N–H and O–H groups in total. The Morgan fingerprint density at radius 1 is 1.43 bits per heavy atom. The van der Waals surface area contributed by atoms with Gasteiger partial charge in [-0.1, -0.05) is 0 Å². The minimum Gasteiger partial charge on any atom is -0.381 e. The minimum atomic E-state index is -0.617. The number of nitrogens with zero attached hydrogens (tertiary/aromatic N) is 1. The van der Waals surface area contributed by atoms with E-state index in [1.54, 1.807) is 0 Å². The van der Waals surface area contributed by atoms with E-state index in [1.165, 1.54) is 22.9 Å². The van der Waals surface area contributed by atoms with Gasteiger partial charge in [0.15, 0.2) is 0 Å². The van der Waals surface area contributed by atoms with Crippen molar-refractivity contribution in [1.29, 1.82) is 0 Å². The van der Waals surface area contributed by atoms with Crippen LogP contribution in [-0.4, -0.2) is 9.48 Å². The number of halogens is 2. The van der Waals surface area contributed by atoms with Crippen LogP contribution in [0.4, 0.5) is 0 Å². The van der Waals surface area contributed by atoms with Gasteiger partial charge in [-0.15, -0.1) is 11.3 Å². The molecule has 0 aliphatic carbocycles. The highest BCUT2D eigenvalue weighted by molar-refractivity contribution is 9.13. The first kappa shape index (κ1) is 10.8. The van der Waals surface area contributed by atoms with Crippen LogP contribution in [0.1, 0.15) is 16.7 Å². The quantitative estimate of drug-likeness (QED) is 0.889. The lowest BCUT2D eigenvalue weighted by molar-refractivity contribution is 0.220. The Morgan fingerprint density at radius 2 is 2.21 bits per heavy atom. The molecule has 2 nitrogen and oxygen atoms in total. The van der Waals surface area contributed by atoms with Crippen LogP contribution < -0.4 is 0 Å². The molecule has 0 aliphatic rings. The van der Waals surface area contributed by atoms with Crippen LogP contribution in [0.2, 0.25) is 0 Å². The minimum absolute atomic E-state index is 0.617. The summed E-state index contributed by atoms with van der Waals surface area (Å²) in [5, 5.41) is 11.8. The van der Waals surface area contributed by atoms with E-state index in [9.17, 15) is 5.11 Å². The van der Waals surface area contributed by atoms with Crippen molar-refractivity contribution < 1.29 is 5.11 Å². The maximum atomic E-state index is 9.93. The van der Waals surface area contributed by atoms with E-state index < -0.39 is 6.10 Å². The topological polar surface area (TPSA) is 33.1 Å². The van der Waals surface area contributed by atoms with E-state index in [0.29, 0.717) is 5.69 Å². The average molecular weight is 355 g/mol. The van der Waals surface area contributed by atoms with Gasteiger partial charge in [-0.3, -0.25) is 0 Å². The van der Waals surface area contributed by atoms with Gasteiger partial charge in [0, 0.05) is 14.7 Å². The third-order valence-electron chi connectivity index (χ3n) is 1.67. The lowest BCUT2D eigenvalue weighted by Gasteiger charge is -2.02. The first-order valence-electron chi connectivity index (χ1n) is 3.71. The normalized spacial score (nSPS) is 13.1. The lowest BCUT2D eigenvalue weighted by Crippen LogP contribution is -1.96. The zero-order valence-electron chi connectivity index (χ0n) is 6.78. The smallest absolute Gasteiger partial charge is 0.131 e. The standard InChI is InChI=1S/C8H5Br2NOS2/c9-4-3-6(14-8(4)10)7(12)5-1-2-13-11-5/h1-3,7,12H. The fraction of sp³-hybridized carbons (Fsp3) is 0.125. The molecule has 0 aromatic carbocycles. The van der Waals surface area contributed by atoms with Crippen molar-refractivity contribution in [2.45, 2.75) is 6.10 Å². The second-order valence-corrected chi connectivity index (χ2v) is 6.52. The number of rotatable bonds is 2. The second kappa shape index (κ2) is 4.40. The molecular formula is C8H5Br2NOS2. The van der Waals surface area contributed by atoms with Gasteiger partial charge >= 0.3 is 0 Å². The van der Waals surface area contributed by atoms with Gasteiger partial charge in [-0.05, 0) is 55.5 Å². The molecular weight excluding hydrogens is 350 g/mol. The third-order valence-corrected chi connectivity index (χ3v) is 5.55. The van der Waals surface area contributed by atoms with Crippen molar-refractivity contribution >= 4 is 54.7 Å². The van der Waals surface area contributed by atoms with Crippen molar-refractivity contribution in [3.8, 4) is 0 Å². The molecule has 0 saturated heterocycles. The lowest BCUT2D eigenvalue weighted by atomic mass is 10.2. The van der Waals surface area contributed by atoms with E-state index in [2.05, 4.69) is 36.2 Å². The Bertz CT molecular complexity index is 407. The summed E-state index contributed by atoms with van der Waals surface area (Å²) in [6, 6.07) is 3.73. The molecule has 1 unspecified atom stereocenters. The second-order valence-electron chi connectivity index (χ2n) is 2.60. The molecule has 0 amide bonds. The zero-order valence-corrected chi connectivity index (χ0v) is 11.6. The largest absolute Gasteiger partial charge is 0.381 e. The summed E-state index contributed by atoms with van der Waals surface area (Å²) in [6.45, 7) is 0. The van der Waals surface area contributed by atoms with Crippen LogP contribution in [0.3, 0.4) is 0 Å². The number of hydrogen-bond donors (Lipinski definition) is 1. The highest BCUT2D eigenvalue weighted by atomic mass is 79.9. The van der Waals surface area contributed by atoms with Crippen molar-refractivity contribution in [3.05, 3.63) is 36.3 Å². The molecule has 0 saturated carbocycles. The summed E-state index contributed by atoms with van der Waals surface area (Å²) < 4.78 is 6.05. The van der Waals surface area contributed by atoms with Gasteiger partial charge in [0.25, 0.3) is 0 Å². The van der Waals surface area contributed by atoms with E-state index in [0.717, 1.165) is 13.1 Å². The average Bonchev–Trinajstić information content (AvgIpc) is 2.76. The molecule has 14 heavy (non-hydrogen) atoms. The molecule has 2 rings (SSSR count). The van der Waals surface area contributed by atoms with E-state index in [1.807, 2.05) is 17.5 Å². The van der Waals surface area contributed by atoms with Crippen LogP contribution in [0.25, 0.3) is 0 Å². The molecule has 0 fully saturated rings. The summed E-state index contributed by atoms with van der Waals surface area (Å²) in [5.74, 6) is 0. The number of aliphatic hydroxyl groups is 1. The summed E-state index contributed by atoms with van der Waals surface area (Å²) >= 11 is 9.62.